The lowest BCUT2D eigenvalue weighted by molar-refractivity contribution is 0.0955. The highest BCUT2D eigenvalue weighted by Gasteiger charge is 2.24. The Balaban J connectivity index is 1.94. The number of halogens is 1. The zero-order valence-corrected chi connectivity index (χ0v) is 12.1. The summed E-state index contributed by atoms with van der Waals surface area (Å²) in [6.45, 7) is 0. The average molecular weight is 299 g/mol. The van der Waals surface area contributed by atoms with Crippen molar-refractivity contribution in [1.29, 1.82) is 0 Å². The normalized spacial score (nSPS) is 22.1. The molecule has 0 radical (unpaired) electrons. The van der Waals surface area contributed by atoms with Gasteiger partial charge in [0.2, 0.25) is 0 Å². The molecule has 2 unspecified atom stereocenters. The van der Waals surface area contributed by atoms with E-state index in [4.69, 9.17) is 16.3 Å². The van der Waals surface area contributed by atoms with Gasteiger partial charge in [-0.25, -0.2) is 4.79 Å². The van der Waals surface area contributed by atoms with Crippen LogP contribution in [0, 0.1) is 0 Å². The second kappa shape index (κ2) is 6.81. The van der Waals surface area contributed by atoms with Crippen molar-refractivity contribution in [1.82, 2.24) is 5.32 Å². The van der Waals surface area contributed by atoms with Crippen LogP contribution in [0.4, 0.5) is 10.5 Å². The molecule has 0 spiro atoms. The van der Waals surface area contributed by atoms with Crippen molar-refractivity contribution >= 4 is 23.3 Å². The third kappa shape index (κ3) is 3.77. The Morgan fingerprint density at radius 2 is 2.15 bits per heavy atom. The van der Waals surface area contributed by atoms with Crippen LogP contribution < -0.4 is 15.4 Å². The smallest absolute Gasteiger partial charge is 0.319 e. The third-order valence-electron chi connectivity index (χ3n) is 3.47. The summed E-state index contributed by atoms with van der Waals surface area (Å²) in [5.41, 5.74) is 0.510. The number of aliphatic hydroxyl groups excluding tert-OH is 1. The van der Waals surface area contributed by atoms with Crippen LogP contribution >= 0.6 is 11.6 Å². The Labute approximate surface area is 123 Å². The molecule has 20 heavy (non-hydrogen) atoms. The van der Waals surface area contributed by atoms with Gasteiger partial charge in [-0.2, -0.15) is 0 Å². The number of methoxy groups -OCH3 is 1. The first-order valence-electron chi connectivity index (χ1n) is 6.69. The van der Waals surface area contributed by atoms with Gasteiger partial charge in [0.05, 0.1) is 30.0 Å². The van der Waals surface area contributed by atoms with Crippen molar-refractivity contribution in [3.05, 3.63) is 23.2 Å². The average Bonchev–Trinajstić information content (AvgIpc) is 2.43. The third-order valence-corrected chi connectivity index (χ3v) is 3.78. The van der Waals surface area contributed by atoms with Gasteiger partial charge in [0, 0.05) is 6.07 Å². The van der Waals surface area contributed by atoms with Gasteiger partial charge in [0.25, 0.3) is 0 Å². The number of carbonyl (C=O) groups excluding carboxylic acids is 1. The highest BCUT2D eigenvalue weighted by molar-refractivity contribution is 6.33. The Bertz CT molecular complexity index is 481. The van der Waals surface area contributed by atoms with Gasteiger partial charge in [-0.05, 0) is 25.0 Å². The van der Waals surface area contributed by atoms with Crippen LogP contribution in [0.2, 0.25) is 5.02 Å². The fourth-order valence-corrected chi connectivity index (χ4v) is 2.55. The molecular weight excluding hydrogens is 280 g/mol. The van der Waals surface area contributed by atoms with E-state index in [2.05, 4.69) is 10.6 Å². The summed E-state index contributed by atoms with van der Waals surface area (Å²) in [6.07, 6.45) is 3.08. The molecule has 2 atom stereocenters. The number of urea groups is 1. The molecule has 0 aromatic heterocycles. The molecule has 110 valence electrons. The maximum Gasteiger partial charge on any atom is 0.319 e. The van der Waals surface area contributed by atoms with Crippen molar-refractivity contribution in [2.45, 2.75) is 37.8 Å². The molecule has 0 aliphatic heterocycles. The molecule has 0 heterocycles. The SMILES string of the molecule is COc1ccc(NC(=O)NC2CCCCC2O)c(Cl)c1. The number of hydrogen-bond donors (Lipinski definition) is 3. The zero-order chi connectivity index (χ0) is 14.5. The molecule has 6 heteroatoms. The van der Waals surface area contributed by atoms with E-state index < -0.39 is 6.10 Å². The predicted molar refractivity (Wildman–Crippen MR) is 78.4 cm³/mol. The van der Waals surface area contributed by atoms with E-state index in [1.807, 2.05) is 0 Å². The molecule has 1 fully saturated rings. The minimum absolute atomic E-state index is 0.194. The number of ether oxygens (including phenoxy) is 1. The fourth-order valence-electron chi connectivity index (χ4n) is 2.33. The molecule has 2 rings (SSSR count). The van der Waals surface area contributed by atoms with Gasteiger partial charge >= 0.3 is 6.03 Å². The Morgan fingerprint density at radius 3 is 2.80 bits per heavy atom. The molecule has 1 saturated carbocycles. The number of carbonyl (C=O) groups is 1. The monoisotopic (exact) mass is 298 g/mol. The lowest BCUT2D eigenvalue weighted by atomic mass is 9.93. The second-order valence-corrected chi connectivity index (χ2v) is 5.31. The van der Waals surface area contributed by atoms with E-state index in [0.717, 1.165) is 25.7 Å². The van der Waals surface area contributed by atoms with Crippen molar-refractivity contribution in [2.75, 3.05) is 12.4 Å². The summed E-state index contributed by atoms with van der Waals surface area (Å²) in [5.74, 6) is 0.628. The maximum atomic E-state index is 11.9. The van der Waals surface area contributed by atoms with Crippen molar-refractivity contribution in [2.24, 2.45) is 0 Å². The van der Waals surface area contributed by atoms with E-state index in [0.29, 0.717) is 16.5 Å². The van der Waals surface area contributed by atoms with Crippen LogP contribution in [-0.4, -0.2) is 30.4 Å². The Hall–Kier alpha value is -1.46. The summed E-state index contributed by atoms with van der Waals surface area (Å²) in [4.78, 5) is 11.9. The van der Waals surface area contributed by atoms with Gasteiger partial charge in [-0.15, -0.1) is 0 Å². The van der Waals surface area contributed by atoms with Crippen molar-refractivity contribution < 1.29 is 14.6 Å². The van der Waals surface area contributed by atoms with Gasteiger partial charge in [-0.1, -0.05) is 24.4 Å². The molecule has 0 saturated heterocycles. The van der Waals surface area contributed by atoms with Crippen LogP contribution in [-0.2, 0) is 0 Å². The highest BCUT2D eigenvalue weighted by atomic mass is 35.5. The summed E-state index contributed by atoms with van der Waals surface area (Å²) in [5, 5.41) is 15.7. The number of anilines is 1. The molecule has 5 nitrogen and oxygen atoms in total. The fraction of sp³-hybridized carbons (Fsp3) is 0.500. The molecule has 1 aromatic rings. The quantitative estimate of drug-likeness (QED) is 0.803. The number of amides is 2. The molecule has 3 N–H and O–H groups in total. The number of nitrogens with one attached hydrogen (secondary N) is 2. The number of hydrogen-bond acceptors (Lipinski definition) is 3. The second-order valence-electron chi connectivity index (χ2n) is 4.90. The van der Waals surface area contributed by atoms with E-state index in [9.17, 15) is 9.90 Å². The van der Waals surface area contributed by atoms with E-state index >= 15 is 0 Å². The lowest BCUT2D eigenvalue weighted by Gasteiger charge is -2.28. The summed E-state index contributed by atoms with van der Waals surface area (Å²) in [7, 11) is 1.55. The molecule has 2 amide bonds. The topological polar surface area (TPSA) is 70.6 Å². The zero-order valence-electron chi connectivity index (χ0n) is 11.4. The van der Waals surface area contributed by atoms with E-state index in [1.54, 1.807) is 25.3 Å². The summed E-state index contributed by atoms with van der Waals surface area (Å²) >= 11 is 6.05. The molecule has 1 aliphatic rings. The first-order chi connectivity index (χ1) is 9.60. The first kappa shape index (κ1) is 14.9. The minimum Gasteiger partial charge on any atom is -0.497 e. The van der Waals surface area contributed by atoms with Crippen LogP contribution in [0.5, 0.6) is 5.75 Å². The van der Waals surface area contributed by atoms with E-state index in [-0.39, 0.29) is 12.1 Å². The predicted octanol–water partition coefficient (Wildman–Crippen LogP) is 2.77. The standard InChI is InChI=1S/C14H19ClN2O3/c1-20-9-6-7-11(10(15)8-9)16-14(19)17-12-4-2-3-5-13(12)18/h6-8,12-13,18H,2-5H2,1H3,(H2,16,17,19). The Kier molecular flexibility index (Phi) is 5.09. The van der Waals surface area contributed by atoms with Crippen molar-refractivity contribution in [3.8, 4) is 5.75 Å². The van der Waals surface area contributed by atoms with Crippen LogP contribution in [0.3, 0.4) is 0 Å². The van der Waals surface area contributed by atoms with Crippen molar-refractivity contribution in [3.63, 3.8) is 0 Å². The number of aliphatic hydroxyl groups is 1. The van der Waals surface area contributed by atoms with Gasteiger partial charge < -0.3 is 20.5 Å². The van der Waals surface area contributed by atoms with Gasteiger partial charge in [0.1, 0.15) is 5.75 Å². The van der Waals surface area contributed by atoms with Crippen LogP contribution in [0.25, 0.3) is 0 Å². The highest BCUT2D eigenvalue weighted by Crippen LogP contribution is 2.26. The largest absolute Gasteiger partial charge is 0.497 e. The molecule has 1 aliphatic carbocycles. The Morgan fingerprint density at radius 1 is 1.40 bits per heavy atom. The van der Waals surface area contributed by atoms with Crippen LogP contribution in [0.1, 0.15) is 25.7 Å². The van der Waals surface area contributed by atoms with Crippen LogP contribution in [0.15, 0.2) is 18.2 Å². The van der Waals surface area contributed by atoms with Gasteiger partial charge in [0.15, 0.2) is 0 Å². The lowest BCUT2D eigenvalue weighted by Crippen LogP contribution is -2.46. The minimum atomic E-state index is -0.471. The van der Waals surface area contributed by atoms with E-state index in [1.165, 1.54) is 0 Å². The molecular formula is C14H19ClN2O3. The summed E-state index contributed by atoms with van der Waals surface area (Å²) < 4.78 is 5.04. The van der Waals surface area contributed by atoms with Gasteiger partial charge in [-0.3, -0.25) is 0 Å². The summed E-state index contributed by atoms with van der Waals surface area (Å²) in [6, 6.07) is 4.48. The maximum absolute atomic E-state index is 11.9. The molecule has 0 bridgehead atoms. The molecule has 1 aromatic carbocycles. The number of rotatable bonds is 3. The number of benzene rings is 1. The first-order valence-corrected chi connectivity index (χ1v) is 7.07.